The van der Waals surface area contributed by atoms with E-state index in [1.54, 1.807) is 0 Å². The number of hydrogen-bond donors (Lipinski definition) is 1. The molecule has 18 heavy (non-hydrogen) atoms. The highest BCUT2D eigenvalue weighted by molar-refractivity contribution is 7.99. The summed E-state index contributed by atoms with van der Waals surface area (Å²) in [5, 5.41) is 0. The molecule has 4 nitrogen and oxygen atoms in total. The van der Waals surface area contributed by atoms with E-state index in [9.17, 15) is 4.79 Å². The highest BCUT2D eigenvalue weighted by Gasteiger charge is 2.27. The molecule has 0 bridgehead atoms. The Hall–Kier alpha value is -0.260. The molecule has 0 spiro atoms. The van der Waals surface area contributed by atoms with Gasteiger partial charge in [0.1, 0.15) is 0 Å². The molecular formula is C13H27N3OS. The van der Waals surface area contributed by atoms with Crippen molar-refractivity contribution in [1.82, 2.24) is 9.80 Å². The summed E-state index contributed by atoms with van der Waals surface area (Å²) in [5.74, 6) is 2.54. The smallest absolute Gasteiger partial charge is 0.224 e. The highest BCUT2D eigenvalue weighted by atomic mass is 32.2. The molecule has 0 aromatic heterocycles. The van der Waals surface area contributed by atoms with Gasteiger partial charge in [0, 0.05) is 56.2 Å². The predicted molar refractivity (Wildman–Crippen MR) is 78.9 cm³/mol. The van der Waals surface area contributed by atoms with Crippen LogP contribution in [-0.2, 0) is 4.79 Å². The fourth-order valence-electron chi connectivity index (χ4n) is 2.53. The second kappa shape index (κ2) is 8.02. The zero-order valence-corrected chi connectivity index (χ0v) is 12.7. The van der Waals surface area contributed by atoms with Crippen LogP contribution in [-0.4, -0.2) is 65.5 Å². The Balaban J connectivity index is 2.57. The summed E-state index contributed by atoms with van der Waals surface area (Å²) in [6, 6.07) is 0.732. The first kappa shape index (κ1) is 15.8. The third kappa shape index (κ3) is 4.14. The number of hydrogen-bond acceptors (Lipinski definition) is 4. The van der Waals surface area contributed by atoms with Gasteiger partial charge in [-0.2, -0.15) is 11.8 Å². The van der Waals surface area contributed by atoms with Crippen molar-refractivity contribution in [2.24, 2.45) is 5.73 Å². The van der Waals surface area contributed by atoms with Crippen molar-refractivity contribution in [2.75, 3.05) is 37.7 Å². The van der Waals surface area contributed by atoms with Gasteiger partial charge in [0.2, 0.25) is 5.91 Å². The molecule has 106 valence electrons. The van der Waals surface area contributed by atoms with Gasteiger partial charge < -0.3 is 10.6 Å². The van der Waals surface area contributed by atoms with Gasteiger partial charge in [-0.25, -0.2) is 0 Å². The molecule has 0 aromatic carbocycles. The van der Waals surface area contributed by atoms with E-state index in [2.05, 4.69) is 11.8 Å². The van der Waals surface area contributed by atoms with E-state index in [-0.39, 0.29) is 11.9 Å². The number of rotatable bonds is 6. The number of amides is 1. The SMILES string of the molecule is CCN(CC)C(=O)CC(CN)N1CCSCC1C. The van der Waals surface area contributed by atoms with Crippen LogP contribution in [0.3, 0.4) is 0 Å². The Morgan fingerprint density at radius 3 is 2.67 bits per heavy atom. The van der Waals surface area contributed by atoms with Gasteiger partial charge in [0.25, 0.3) is 0 Å². The lowest BCUT2D eigenvalue weighted by Gasteiger charge is -2.39. The Kier molecular flexibility index (Phi) is 7.04. The maximum atomic E-state index is 12.2. The van der Waals surface area contributed by atoms with Crippen molar-refractivity contribution in [2.45, 2.75) is 39.3 Å². The average Bonchev–Trinajstić information content (AvgIpc) is 2.38. The average molecular weight is 273 g/mol. The molecule has 0 aliphatic carbocycles. The van der Waals surface area contributed by atoms with E-state index in [1.165, 1.54) is 0 Å². The lowest BCUT2D eigenvalue weighted by molar-refractivity contribution is -0.132. The molecule has 1 saturated heterocycles. The molecule has 2 N–H and O–H groups in total. The van der Waals surface area contributed by atoms with Crippen molar-refractivity contribution < 1.29 is 4.79 Å². The fourth-order valence-corrected chi connectivity index (χ4v) is 3.56. The molecule has 1 aliphatic heterocycles. The van der Waals surface area contributed by atoms with E-state index in [1.807, 2.05) is 30.5 Å². The lowest BCUT2D eigenvalue weighted by Crippen LogP contribution is -2.51. The topological polar surface area (TPSA) is 49.6 Å². The molecule has 0 aromatic rings. The van der Waals surface area contributed by atoms with Crippen LogP contribution in [0.15, 0.2) is 0 Å². The van der Waals surface area contributed by atoms with Gasteiger partial charge in [-0.15, -0.1) is 0 Å². The Morgan fingerprint density at radius 1 is 1.50 bits per heavy atom. The van der Waals surface area contributed by atoms with Crippen molar-refractivity contribution in [3.05, 3.63) is 0 Å². The van der Waals surface area contributed by atoms with Crippen molar-refractivity contribution >= 4 is 17.7 Å². The van der Waals surface area contributed by atoms with Crippen molar-refractivity contribution in [1.29, 1.82) is 0 Å². The van der Waals surface area contributed by atoms with Crippen LogP contribution in [0, 0.1) is 0 Å². The molecule has 1 fully saturated rings. The summed E-state index contributed by atoms with van der Waals surface area (Å²) in [6.45, 7) is 9.49. The zero-order chi connectivity index (χ0) is 13.5. The summed E-state index contributed by atoms with van der Waals surface area (Å²) in [6.07, 6.45) is 0.563. The van der Waals surface area contributed by atoms with Gasteiger partial charge in [-0.05, 0) is 20.8 Å². The number of carbonyl (C=O) groups excluding carboxylic acids is 1. The van der Waals surface area contributed by atoms with Gasteiger partial charge in [0.15, 0.2) is 0 Å². The minimum absolute atomic E-state index is 0.203. The molecule has 1 heterocycles. The van der Waals surface area contributed by atoms with E-state index < -0.39 is 0 Å². The number of thioether (sulfide) groups is 1. The normalized spacial score (nSPS) is 22.8. The molecule has 1 rings (SSSR count). The minimum atomic E-state index is 0.203. The van der Waals surface area contributed by atoms with E-state index in [0.29, 0.717) is 19.0 Å². The van der Waals surface area contributed by atoms with Gasteiger partial charge in [0.05, 0.1) is 0 Å². The molecule has 0 saturated carbocycles. The summed E-state index contributed by atoms with van der Waals surface area (Å²) in [5.41, 5.74) is 5.88. The van der Waals surface area contributed by atoms with Gasteiger partial charge in [-0.1, -0.05) is 0 Å². The van der Waals surface area contributed by atoms with Crippen LogP contribution in [0.4, 0.5) is 0 Å². The standard InChI is InChI=1S/C13H27N3OS/c1-4-15(5-2)13(17)8-12(9-14)16-6-7-18-10-11(16)3/h11-12H,4-10,14H2,1-3H3. The van der Waals surface area contributed by atoms with Crippen molar-refractivity contribution in [3.8, 4) is 0 Å². The lowest BCUT2D eigenvalue weighted by atomic mass is 10.1. The first-order valence-electron chi connectivity index (χ1n) is 6.95. The second-order valence-electron chi connectivity index (χ2n) is 4.82. The van der Waals surface area contributed by atoms with E-state index in [0.717, 1.165) is 31.1 Å². The first-order valence-corrected chi connectivity index (χ1v) is 8.10. The second-order valence-corrected chi connectivity index (χ2v) is 5.97. The van der Waals surface area contributed by atoms with Crippen LogP contribution in [0.25, 0.3) is 0 Å². The molecule has 5 heteroatoms. The molecule has 1 aliphatic rings. The predicted octanol–water partition coefficient (Wildman–Crippen LogP) is 1.01. The van der Waals surface area contributed by atoms with Crippen LogP contribution < -0.4 is 5.73 Å². The minimum Gasteiger partial charge on any atom is -0.343 e. The maximum Gasteiger partial charge on any atom is 0.224 e. The summed E-state index contributed by atoms with van der Waals surface area (Å²) in [7, 11) is 0. The largest absolute Gasteiger partial charge is 0.343 e. The monoisotopic (exact) mass is 273 g/mol. The molecule has 0 radical (unpaired) electrons. The number of carbonyl (C=O) groups is 1. The van der Waals surface area contributed by atoms with Gasteiger partial charge in [-0.3, -0.25) is 9.69 Å². The third-order valence-corrected chi connectivity index (χ3v) is 4.88. The molecule has 1 amide bonds. The first-order chi connectivity index (χ1) is 8.63. The highest BCUT2D eigenvalue weighted by Crippen LogP contribution is 2.20. The number of nitrogens with two attached hydrogens (primary N) is 1. The quantitative estimate of drug-likeness (QED) is 0.785. The molecule has 2 atom stereocenters. The Labute approximate surface area is 115 Å². The van der Waals surface area contributed by atoms with Crippen LogP contribution in [0.2, 0.25) is 0 Å². The van der Waals surface area contributed by atoms with Crippen LogP contribution in [0.5, 0.6) is 0 Å². The summed E-state index contributed by atoms with van der Waals surface area (Å²) < 4.78 is 0. The van der Waals surface area contributed by atoms with Crippen LogP contribution in [0.1, 0.15) is 27.2 Å². The van der Waals surface area contributed by atoms with Gasteiger partial charge >= 0.3 is 0 Å². The molecular weight excluding hydrogens is 246 g/mol. The Morgan fingerprint density at radius 2 is 2.17 bits per heavy atom. The van der Waals surface area contributed by atoms with E-state index >= 15 is 0 Å². The fraction of sp³-hybridized carbons (Fsp3) is 0.923. The van der Waals surface area contributed by atoms with Crippen LogP contribution >= 0.6 is 11.8 Å². The molecule has 2 unspecified atom stereocenters. The third-order valence-electron chi connectivity index (χ3n) is 3.69. The maximum absolute atomic E-state index is 12.2. The van der Waals surface area contributed by atoms with E-state index in [4.69, 9.17) is 5.73 Å². The number of nitrogens with zero attached hydrogens (tertiary/aromatic N) is 2. The zero-order valence-electron chi connectivity index (χ0n) is 11.9. The Bertz CT molecular complexity index is 259. The van der Waals surface area contributed by atoms with Crippen molar-refractivity contribution in [3.63, 3.8) is 0 Å². The summed E-state index contributed by atoms with van der Waals surface area (Å²) >= 11 is 1.99. The summed E-state index contributed by atoms with van der Waals surface area (Å²) in [4.78, 5) is 16.5.